The van der Waals surface area contributed by atoms with E-state index in [2.05, 4.69) is 54.0 Å². The molecule has 4 fully saturated rings. The van der Waals surface area contributed by atoms with Crippen molar-refractivity contribution in [3.63, 3.8) is 0 Å². The fraction of sp³-hybridized carbons (Fsp3) is 0.630. The van der Waals surface area contributed by atoms with Gasteiger partial charge in [0.25, 0.3) is 0 Å². The molecular formula is C27H35N3O2. The van der Waals surface area contributed by atoms with Gasteiger partial charge in [-0.25, -0.2) is 0 Å². The van der Waals surface area contributed by atoms with Gasteiger partial charge in [0.15, 0.2) is 0 Å². The Labute approximate surface area is 191 Å². The first-order valence-electron chi connectivity index (χ1n) is 12.6. The lowest BCUT2D eigenvalue weighted by Gasteiger charge is -2.52. The summed E-state index contributed by atoms with van der Waals surface area (Å²) < 4.78 is 6.42. The predicted octanol–water partition coefficient (Wildman–Crippen LogP) is 4.35. The Kier molecular flexibility index (Phi) is 5.22. The van der Waals surface area contributed by atoms with Gasteiger partial charge in [0.2, 0.25) is 5.91 Å². The van der Waals surface area contributed by atoms with Gasteiger partial charge in [-0.2, -0.15) is 0 Å². The SMILES string of the molecule is CC(C)[C@H]1COC2CCN(Cc3cc(C4CC4)nc4ccccc34)C[C@H]3CCC(=O)N1C23. The van der Waals surface area contributed by atoms with E-state index in [1.165, 1.54) is 29.5 Å². The molecule has 1 aromatic heterocycles. The lowest BCUT2D eigenvalue weighted by atomic mass is 9.81. The van der Waals surface area contributed by atoms with Crippen LogP contribution in [0.1, 0.15) is 63.1 Å². The Hall–Kier alpha value is -1.98. The number of amides is 1. The van der Waals surface area contributed by atoms with Crippen LogP contribution >= 0.6 is 0 Å². The molecule has 6 rings (SSSR count). The van der Waals surface area contributed by atoms with Gasteiger partial charge in [0, 0.05) is 43.1 Å². The summed E-state index contributed by atoms with van der Waals surface area (Å²) in [5, 5.41) is 1.29. The fourth-order valence-corrected chi connectivity index (χ4v) is 6.37. The third-order valence-electron chi connectivity index (χ3n) is 8.24. The molecule has 4 heterocycles. The highest BCUT2D eigenvalue weighted by atomic mass is 16.5. The number of likely N-dealkylation sites (tertiary alicyclic amines) is 1. The van der Waals surface area contributed by atoms with E-state index in [1.54, 1.807) is 0 Å². The van der Waals surface area contributed by atoms with Crippen molar-refractivity contribution in [3.05, 3.63) is 41.6 Å². The Balaban J connectivity index is 1.28. The van der Waals surface area contributed by atoms with E-state index >= 15 is 0 Å². The summed E-state index contributed by atoms with van der Waals surface area (Å²) in [6.07, 6.45) is 5.42. The van der Waals surface area contributed by atoms with Crippen LogP contribution in [0.3, 0.4) is 0 Å². The standard InChI is InChI=1S/C27H35N3O2/c1-17(2)24-16-32-25-11-12-29(14-19-9-10-26(31)30(24)27(19)25)15-20-13-23(18-7-8-18)28-22-6-4-3-5-21(20)22/h3-6,13,17-19,24-25,27H,7-12,14-16H2,1-2H3/t19-,24-,25?,27?/m1/s1. The third-order valence-corrected chi connectivity index (χ3v) is 8.24. The summed E-state index contributed by atoms with van der Waals surface area (Å²) >= 11 is 0. The number of carbonyl (C=O) groups is 1. The molecule has 4 aliphatic rings. The van der Waals surface area contributed by atoms with E-state index in [4.69, 9.17) is 9.72 Å². The molecule has 1 saturated carbocycles. The molecular weight excluding hydrogens is 398 g/mol. The van der Waals surface area contributed by atoms with Gasteiger partial charge >= 0.3 is 0 Å². The molecule has 170 valence electrons. The molecule has 2 unspecified atom stereocenters. The molecule has 5 nitrogen and oxygen atoms in total. The molecule has 0 spiro atoms. The highest BCUT2D eigenvalue weighted by Crippen LogP contribution is 2.41. The van der Waals surface area contributed by atoms with Gasteiger partial charge in [0.05, 0.1) is 30.3 Å². The average Bonchev–Trinajstić information content (AvgIpc) is 3.64. The van der Waals surface area contributed by atoms with E-state index in [9.17, 15) is 4.79 Å². The molecule has 0 bridgehead atoms. The minimum absolute atomic E-state index is 0.181. The Morgan fingerprint density at radius 3 is 2.81 bits per heavy atom. The first-order chi connectivity index (χ1) is 15.6. The number of nitrogens with zero attached hydrogens (tertiary/aromatic N) is 3. The smallest absolute Gasteiger partial charge is 0.223 e. The van der Waals surface area contributed by atoms with E-state index in [-0.39, 0.29) is 18.2 Å². The number of benzene rings is 1. The zero-order valence-electron chi connectivity index (χ0n) is 19.4. The predicted molar refractivity (Wildman–Crippen MR) is 125 cm³/mol. The maximum atomic E-state index is 13.0. The van der Waals surface area contributed by atoms with Crippen molar-refractivity contribution >= 4 is 16.8 Å². The minimum Gasteiger partial charge on any atom is -0.374 e. The average molecular weight is 434 g/mol. The quantitative estimate of drug-likeness (QED) is 0.719. The summed E-state index contributed by atoms with van der Waals surface area (Å²) in [6, 6.07) is 11.5. The van der Waals surface area contributed by atoms with Gasteiger partial charge in [-0.15, -0.1) is 0 Å². The molecule has 3 saturated heterocycles. The van der Waals surface area contributed by atoms with E-state index in [1.807, 2.05) is 0 Å². The monoisotopic (exact) mass is 433 g/mol. The van der Waals surface area contributed by atoms with Crippen molar-refractivity contribution < 1.29 is 9.53 Å². The van der Waals surface area contributed by atoms with Crippen molar-refractivity contribution in [2.75, 3.05) is 19.7 Å². The van der Waals surface area contributed by atoms with E-state index in [0.29, 0.717) is 36.7 Å². The first kappa shape index (κ1) is 20.6. The number of fused-ring (bicyclic) bond motifs is 1. The number of ether oxygens (including phenoxy) is 1. The van der Waals surface area contributed by atoms with Crippen LogP contribution in [0.4, 0.5) is 0 Å². The van der Waals surface area contributed by atoms with Crippen LogP contribution in [0.25, 0.3) is 10.9 Å². The molecule has 4 atom stereocenters. The number of carbonyl (C=O) groups excluding carboxylic acids is 1. The maximum Gasteiger partial charge on any atom is 0.223 e. The number of para-hydroxylation sites is 1. The number of piperidine rings is 1. The zero-order chi connectivity index (χ0) is 21.8. The highest BCUT2D eigenvalue weighted by Gasteiger charge is 2.49. The van der Waals surface area contributed by atoms with Crippen LogP contribution < -0.4 is 0 Å². The van der Waals surface area contributed by atoms with Crippen LogP contribution in [0.5, 0.6) is 0 Å². The molecule has 1 aromatic carbocycles. The zero-order valence-corrected chi connectivity index (χ0v) is 19.4. The lowest BCUT2D eigenvalue weighted by Crippen LogP contribution is -2.65. The van der Waals surface area contributed by atoms with Crippen molar-refractivity contribution in [3.8, 4) is 0 Å². The highest BCUT2D eigenvalue weighted by molar-refractivity contribution is 5.82. The van der Waals surface area contributed by atoms with Crippen molar-refractivity contribution in [1.29, 1.82) is 0 Å². The number of hydrogen-bond acceptors (Lipinski definition) is 4. The summed E-state index contributed by atoms with van der Waals surface area (Å²) in [5.41, 5.74) is 3.82. The topological polar surface area (TPSA) is 45.7 Å². The number of rotatable bonds is 4. The first-order valence-corrected chi connectivity index (χ1v) is 12.6. The van der Waals surface area contributed by atoms with Crippen LogP contribution in [0.2, 0.25) is 0 Å². The van der Waals surface area contributed by atoms with Crippen LogP contribution in [0.15, 0.2) is 30.3 Å². The van der Waals surface area contributed by atoms with Gasteiger partial charge in [-0.1, -0.05) is 32.0 Å². The molecule has 0 N–H and O–H groups in total. The van der Waals surface area contributed by atoms with Gasteiger partial charge in [-0.3, -0.25) is 14.7 Å². The summed E-state index contributed by atoms with van der Waals surface area (Å²) in [5.74, 6) is 1.94. The minimum atomic E-state index is 0.181. The molecule has 5 heteroatoms. The van der Waals surface area contributed by atoms with Crippen LogP contribution in [0, 0.1) is 11.8 Å². The maximum absolute atomic E-state index is 13.0. The second-order valence-corrected chi connectivity index (χ2v) is 10.8. The molecule has 32 heavy (non-hydrogen) atoms. The number of morpholine rings is 1. The van der Waals surface area contributed by atoms with E-state index in [0.717, 1.165) is 38.0 Å². The van der Waals surface area contributed by atoms with Crippen LogP contribution in [-0.4, -0.2) is 58.6 Å². The van der Waals surface area contributed by atoms with Crippen molar-refractivity contribution in [2.24, 2.45) is 11.8 Å². The van der Waals surface area contributed by atoms with Gasteiger partial charge < -0.3 is 9.64 Å². The Bertz CT molecular complexity index is 1020. The van der Waals surface area contributed by atoms with Crippen molar-refractivity contribution in [1.82, 2.24) is 14.8 Å². The summed E-state index contributed by atoms with van der Waals surface area (Å²) in [6.45, 7) is 8.17. The summed E-state index contributed by atoms with van der Waals surface area (Å²) in [7, 11) is 0. The second kappa shape index (κ2) is 8.11. The fourth-order valence-electron chi connectivity index (χ4n) is 6.37. The summed E-state index contributed by atoms with van der Waals surface area (Å²) in [4.78, 5) is 22.8. The second-order valence-electron chi connectivity index (χ2n) is 10.8. The van der Waals surface area contributed by atoms with E-state index < -0.39 is 0 Å². The molecule has 1 amide bonds. The van der Waals surface area contributed by atoms with Gasteiger partial charge in [0.1, 0.15) is 0 Å². The largest absolute Gasteiger partial charge is 0.374 e. The molecule has 0 radical (unpaired) electrons. The Morgan fingerprint density at radius 2 is 2.00 bits per heavy atom. The van der Waals surface area contributed by atoms with Crippen LogP contribution in [-0.2, 0) is 16.1 Å². The third kappa shape index (κ3) is 3.63. The van der Waals surface area contributed by atoms with Gasteiger partial charge in [-0.05, 0) is 55.2 Å². The van der Waals surface area contributed by atoms with Crippen molar-refractivity contribution in [2.45, 2.75) is 76.6 Å². The molecule has 1 aliphatic carbocycles. The lowest BCUT2D eigenvalue weighted by molar-refractivity contribution is -0.172. The molecule has 2 aromatic rings. The normalized spacial score (nSPS) is 31.1. The number of pyridine rings is 1. The number of hydrogen-bond donors (Lipinski definition) is 0. The Morgan fingerprint density at radius 1 is 1.16 bits per heavy atom. The number of aromatic nitrogens is 1. The molecule has 3 aliphatic heterocycles.